The van der Waals surface area contributed by atoms with Gasteiger partial charge in [-0.3, -0.25) is 9.59 Å². The standard InChI is InChI=1S/C19H20ClNO3S/c1-2-24-13-9-7-12(8-10-13)18(23)17-14-5-3-4-6-15(14)25-19(17)21-16(22)11-20/h7-10H,2-6,11H2,1H3,(H,21,22). The number of fused-ring (bicyclic) bond motifs is 1. The fourth-order valence-electron chi connectivity index (χ4n) is 3.07. The molecule has 1 N–H and O–H groups in total. The van der Waals surface area contributed by atoms with Gasteiger partial charge >= 0.3 is 0 Å². The number of ketones is 1. The van der Waals surface area contributed by atoms with Crippen molar-refractivity contribution in [1.82, 2.24) is 0 Å². The number of hydrogen-bond acceptors (Lipinski definition) is 4. The zero-order valence-electron chi connectivity index (χ0n) is 14.1. The fourth-order valence-corrected chi connectivity index (χ4v) is 4.44. The normalized spacial score (nSPS) is 13.2. The average molecular weight is 378 g/mol. The van der Waals surface area contributed by atoms with Gasteiger partial charge in [0.2, 0.25) is 5.91 Å². The van der Waals surface area contributed by atoms with E-state index in [2.05, 4.69) is 5.32 Å². The molecule has 0 spiro atoms. The molecular formula is C19H20ClNO3S. The number of anilines is 1. The van der Waals surface area contributed by atoms with Gasteiger partial charge in [0.1, 0.15) is 16.6 Å². The van der Waals surface area contributed by atoms with E-state index in [1.54, 1.807) is 24.3 Å². The zero-order valence-corrected chi connectivity index (χ0v) is 15.6. The topological polar surface area (TPSA) is 55.4 Å². The van der Waals surface area contributed by atoms with Gasteiger partial charge in [-0.15, -0.1) is 22.9 Å². The second kappa shape index (κ2) is 8.02. The summed E-state index contributed by atoms with van der Waals surface area (Å²) in [4.78, 5) is 26.1. The third-order valence-electron chi connectivity index (χ3n) is 4.20. The van der Waals surface area contributed by atoms with E-state index in [1.807, 2.05) is 6.92 Å². The van der Waals surface area contributed by atoms with Crippen molar-refractivity contribution in [1.29, 1.82) is 0 Å². The highest BCUT2D eigenvalue weighted by Crippen LogP contribution is 2.39. The molecule has 4 nitrogen and oxygen atoms in total. The molecule has 0 bridgehead atoms. The summed E-state index contributed by atoms with van der Waals surface area (Å²) in [6.07, 6.45) is 4.02. The number of thiophene rings is 1. The molecule has 1 aliphatic rings. The molecule has 0 radical (unpaired) electrons. The van der Waals surface area contributed by atoms with Crippen LogP contribution in [-0.4, -0.2) is 24.2 Å². The van der Waals surface area contributed by atoms with Crippen molar-refractivity contribution in [3.05, 3.63) is 45.8 Å². The molecule has 6 heteroatoms. The van der Waals surface area contributed by atoms with E-state index in [4.69, 9.17) is 16.3 Å². The Hall–Kier alpha value is -1.85. The van der Waals surface area contributed by atoms with Gasteiger partial charge < -0.3 is 10.1 Å². The lowest BCUT2D eigenvalue weighted by Gasteiger charge is -2.13. The van der Waals surface area contributed by atoms with Crippen LogP contribution in [0, 0.1) is 0 Å². The molecular weight excluding hydrogens is 358 g/mol. The Morgan fingerprint density at radius 1 is 1.20 bits per heavy atom. The van der Waals surface area contributed by atoms with Gasteiger partial charge in [-0.1, -0.05) is 0 Å². The van der Waals surface area contributed by atoms with Crippen molar-refractivity contribution in [3.8, 4) is 5.75 Å². The van der Waals surface area contributed by atoms with Crippen LogP contribution in [0.3, 0.4) is 0 Å². The third-order valence-corrected chi connectivity index (χ3v) is 5.65. The number of halogens is 1. The predicted molar refractivity (Wildman–Crippen MR) is 101 cm³/mol. The lowest BCUT2D eigenvalue weighted by Crippen LogP contribution is -2.15. The monoisotopic (exact) mass is 377 g/mol. The lowest BCUT2D eigenvalue weighted by molar-refractivity contribution is -0.113. The SMILES string of the molecule is CCOc1ccc(C(=O)c2c(NC(=O)CCl)sc3c2CCCC3)cc1. The minimum Gasteiger partial charge on any atom is -0.494 e. The number of alkyl halides is 1. The van der Waals surface area contributed by atoms with Crippen LogP contribution in [0.5, 0.6) is 5.75 Å². The first kappa shape index (κ1) is 18.0. The summed E-state index contributed by atoms with van der Waals surface area (Å²) in [6, 6.07) is 7.14. The fraction of sp³-hybridized carbons (Fsp3) is 0.368. The molecule has 2 aromatic rings. The van der Waals surface area contributed by atoms with Gasteiger partial charge in [0.25, 0.3) is 0 Å². The van der Waals surface area contributed by atoms with Crippen molar-refractivity contribution >= 4 is 39.6 Å². The molecule has 0 atom stereocenters. The van der Waals surface area contributed by atoms with Crippen LogP contribution in [0.1, 0.15) is 46.1 Å². The molecule has 3 rings (SSSR count). The molecule has 25 heavy (non-hydrogen) atoms. The molecule has 0 unspecified atom stereocenters. The predicted octanol–water partition coefficient (Wildman–Crippen LogP) is 4.43. The van der Waals surface area contributed by atoms with E-state index in [0.717, 1.165) is 37.0 Å². The number of carbonyl (C=O) groups excluding carboxylic acids is 2. The molecule has 1 aromatic carbocycles. The van der Waals surface area contributed by atoms with E-state index in [0.29, 0.717) is 22.7 Å². The maximum atomic E-state index is 13.1. The van der Waals surface area contributed by atoms with Gasteiger partial charge in [0.05, 0.1) is 12.2 Å². The molecule has 0 saturated heterocycles. The summed E-state index contributed by atoms with van der Waals surface area (Å²) in [6.45, 7) is 2.50. The van der Waals surface area contributed by atoms with Crippen LogP contribution in [0.15, 0.2) is 24.3 Å². The number of benzene rings is 1. The largest absolute Gasteiger partial charge is 0.494 e. The van der Waals surface area contributed by atoms with Gasteiger partial charge in [-0.05, 0) is 62.4 Å². The van der Waals surface area contributed by atoms with E-state index < -0.39 is 0 Å². The number of ether oxygens (including phenoxy) is 1. The maximum absolute atomic E-state index is 13.1. The molecule has 1 heterocycles. The third kappa shape index (κ3) is 3.88. The molecule has 1 aromatic heterocycles. The van der Waals surface area contributed by atoms with Crippen LogP contribution in [-0.2, 0) is 17.6 Å². The van der Waals surface area contributed by atoms with E-state index >= 15 is 0 Å². The van der Waals surface area contributed by atoms with Crippen LogP contribution >= 0.6 is 22.9 Å². The summed E-state index contributed by atoms with van der Waals surface area (Å²) in [7, 11) is 0. The minimum absolute atomic E-state index is 0.0627. The Morgan fingerprint density at radius 3 is 2.60 bits per heavy atom. The number of rotatable bonds is 6. The van der Waals surface area contributed by atoms with Crippen LogP contribution in [0.2, 0.25) is 0 Å². The van der Waals surface area contributed by atoms with E-state index in [-0.39, 0.29) is 17.6 Å². The maximum Gasteiger partial charge on any atom is 0.239 e. The molecule has 132 valence electrons. The first-order valence-electron chi connectivity index (χ1n) is 8.42. The number of carbonyl (C=O) groups is 2. The second-order valence-electron chi connectivity index (χ2n) is 5.88. The summed E-state index contributed by atoms with van der Waals surface area (Å²) in [5, 5.41) is 3.42. The van der Waals surface area contributed by atoms with Crippen molar-refractivity contribution < 1.29 is 14.3 Å². The number of nitrogens with one attached hydrogen (secondary N) is 1. The highest BCUT2D eigenvalue weighted by atomic mass is 35.5. The van der Waals surface area contributed by atoms with Crippen LogP contribution in [0.25, 0.3) is 0 Å². The Morgan fingerprint density at radius 2 is 1.92 bits per heavy atom. The van der Waals surface area contributed by atoms with Crippen LogP contribution < -0.4 is 10.1 Å². The van der Waals surface area contributed by atoms with Gasteiger partial charge in [-0.25, -0.2) is 0 Å². The van der Waals surface area contributed by atoms with E-state index in [1.165, 1.54) is 16.2 Å². The first-order chi connectivity index (χ1) is 12.1. The molecule has 0 fully saturated rings. The highest BCUT2D eigenvalue weighted by Gasteiger charge is 2.26. The summed E-state index contributed by atoms with van der Waals surface area (Å²) in [5.74, 6) is 0.259. The highest BCUT2D eigenvalue weighted by molar-refractivity contribution is 7.17. The average Bonchev–Trinajstić information content (AvgIpc) is 2.99. The zero-order chi connectivity index (χ0) is 17.8. The van der Waals surface area contributed by atoms with Crippen molar-refractivity contribution in [2.75, 3.05) is 17.8 Å². The van der Waals surface area contributed by atoms with Crippen molar-refractivity contribution in [2.24, 2.45) is 0 Å². The van der Waals surface area contributed by atoms with Gasteiger partial charge in [0, 0.05) is 10.4 Å². The molecule has 1 amide bonds. The Balaban J connectivity index is 1.97. The number of hydrogen-bond donors (Lipinski definition) is 1. The quantitative estimate of drug-likeness (QED) is 0.598. The second-order valence-corrected chi connectivity index (χ2v) is 7.26. The summed E-state index contributed by atoms with van der Waals surface area (Å²) >= 11 is 7.12. The summed E-state index contributed by atoms with van der Waals surface area (Å²) < 4.78 is 5.43. The van der Waals surface area contributed by atoms with Crippen molar-refractivity contribution in [3.63, 3.8) is 0 Å². The molecule has 0 aliphatic heterocycles. The Kier molecular flexibility index (Phi) is 5.76. The van der Waals surface area contributed by atoms with E-state index in [9.17, 15) is 9.59 Å². The van der Waals surface area contributed by atoms with Crippen LogP contribution in [0.4, 0.5) is 5.00 Å². The Bertz CT molecular complexity index is 783. The molecule has 0 saturated carbocycles. The number of aryl methyl sites for hydroxylation is 1. The smallest absolute Gasteiger partial charge is 0.239 e. The number of amides is 1. The van der Waals surface area contributed by atoms with Gasteiger partial charge in [-0.2, -0.15) is 0 Å². The lowest BCUT2D eigenvalue weighted by atomic mass is 9.92. The Labute approximate surface area is 156 Å². The minimum atomic E-state index is -0.291. The first-order valence-corrected chi connectivity index (χ1v) is 9.77. The summed E-state index contributed by atoms with van der Waals surface area (Å²) in [5.41, 5.74) is 2.30. The van der Waals surface area contributed by atoms with Crippen molar-refractivity contribution in [2.45, 2.75) is 32.6 Å². The molecule has 1 aliphatic carbocycles. The van der Waals surface area contributed by atoms with Gasteiger partial charge in [0.15, 0.2) is 5.78 Å².